The van der Waals surface area contributed by atoms with E-state index in [0.29, 0.717) is 33.0 Å². The summed E-state index contributed by atoms with van der Waals surface area (Å²) in [6.45, 7) is 2.21. The highest BCUT2D eigenvalue weighted by Gasteiger charge is 2.16. The zero-order chi connectivity index (χ0) is 22.2. The smallest absolute Gasteiger partial charge is 0.340 e. The number of hydrogen-bond acceptors (Lipinski definition) is 7. The van der Waals surface area contributed by atoms with Gasteiger partial charge in [-0.1, -0.05) is 35.5 Å². The predicted octanol–water partition coefficient (Wildman–Crippen LogP) is 3.96. The second-order valence-corrected chi connectivity index (χ2v) is 7.68. The number of halogens is 1. The van der Waals surface area contributed by atoms with E-state index >= 15 is 0 Å². The number of nitrogens with zero attached hydrogens (tertiary/aromatic N) is 3. The van der Waals surface area contributed by atoms with Crippen molar-refractivity contribution in [1.29, 1.82) is 0 Å². The van der Waals surface area contributed by atoms with E-state index in [1.807, 2.05) is 0 Å². The molecule has 0 fully saturated rings. The van der Waals surface area contributed by atoms with Crippen LogP contribution >= 0.6 is 23.4 Å². The maximum atomic E-state index is 12.4. The van der Waals surface area contributed by atoms with Crippen LogP contribution in [-0.4, -0.2) is 39.0 Å². The fourth-order valence-corrected chi connectivity index (χ4v) is 3.43. The lowest BCUT2D eigenvalue weighted by molar-refractivity contribution is -0.113. The molecule has 0 unspecified atom stereocenters. The molecule has 2 aromatic carbocycles. The first kappa shape index (κ1) is 22.6. The first-order valence-electron chi connectivity index (χ1n) is 9.43. The van der Waals surface area contributed by atoms with Crippen LogP contribution in [0.1, 0.15) is 23.1 Å². The van der Waals surface area contributed by atoms with Gasteiger partial charge in [-0.15, -0.1) is 10.2 Å². The van der Waals surface area contributed by atoms with E-state index in [-0.39, 0.29) is 24.9 Å². The standard InChI is InChI=1S/C21H21ClN4O4S/c1-3-29-20(28)16-6-4-5-7-17(16)23-19(27)13-31-21-25-24-18(26(21)2)12-30-15-10-8-14(22)9-11-15/h4-11H,3,12-13H2,1-2H3,(H,23,27). The molecule has 0 aliphatic carbocycles. The predicted molar refractivity (Wildman–Crippen MR) is 119 cm³/mol. The van der Waals surface area contributed by atoms with Gasteiger partial charge in [-0.05, 0) is 43.3 Å². The molecule has 0 radical (unpaired) electrons. The number of nitrogens with one attached hydrogen (secondary N) is 1. The number of benzene rings is 2. The Morgan fingerprint density at radius 3 is 2.61 bits per heavy atom. The molecule has 1 N–H and O–H groups in total. The monoisotopic (exact) mass is 460 g/mol. The number of carbonyl (C=O) groups is 2. The Balaban J connectivity index is 1.55. The van der Waals surface area contributed by atoms with Crippen molar-refractivity contribution >= 4 is 40.9 Å². The van der Waals surface area contributed by atoms with Crippen molar-refractivity contribution in [3.8, 4) is 5.75 Å². The van der Waals surface area contributed by atoms with Gasteiger partial charge in [0.25, 0.3) is 0 Å². The van der Waals surface area contributed by atoms with Gasteiger partial charge in [-0.3, -0.25) is 4.79 Å². The number of para-hydroxylation sites is 1. The summed E-state index contributed by atoms with van der Waals surface area (Å²) in [6.07, 6.45) is 0. The van der Waals surface area contributed by atoms with Crippen LogP contribution in [0.3, 0.4) is 0 Å². The van der Waals surface area contributed by atoms with E-state index in [9.17, 15) is 9.59 Å². The van der Waals surface area contributed by atoms with Gasteiger partial charge in [-0.2, -0.15) is 0 Å². The lowest BCUT2D eigenvalue weighted by atomic mass is 10.2. The van der Waals surface area contributed by atoms with Crippen LogP contribution in [0.4, 0.5) is 5.69 Å². The van der Waals surface area contributed by atoms with E-state index in [4.69, 9.17) is 21.1 Å². The Kier molecular flexibility index (Phi) is 7.91. The van der Waals surface area contributed by atoms with Crippen molar-refractivity contribution in [3.05, 3.63) is 64.9 Å². The summed E-state index contributed by atoms with van der Waals surface area (Å²) in [4.78, 5) is 24.4. The Bertz CT molecular complexity index is 1060. The molecule has 0 spiro atoms. The van der Waals surface area contributed by atoms with Gasteiger partial charge in [0.15, 0.2) is 11.0 Å². The Morgan fingerprint density at radius 2 is 1.87 bits per heavy atom. The maximum absolute atomic E-state index is 12.4. The third kappa shape index (κ3) is 6.22. The molecular weight excluding hydrogens is 440 g/mol. The number of esters is 1. The highest BCUT2D eigenvalue weighted by atomic mass is 35.5. The highest BCUT2D eigenvalue weighted by molar-refractivity contribution is 7.99. The largest absolute Gasteiger partial charge is 0.486 e. The Hall–Kier alpha value is -3.04. The quantitative estimate of drug-likeness (QED) is 0.381. The highest BCUT2D eigenvalue weighted by Crippen LogP contribution is 2.20. The normalized spacial score (nSPS) is 10.5. The molecule has 10 heteroatoms. The molecule has 0 aliphatic heterocycles. The number of hydrogen-bond donors (Lipinski definition) is 1. The van der Waals surface area contributed by atoms with E-state index in [1.165, 1.54) is 11.8 Å². The molecule has 3 rings (SSSR count). The van der Waals surface area contributed by atoms with Crippen LogP contribution in [0, 0.1) is 0 Å². The topological polar surface area (TPSA) is 95.3 Å². The van der Waals surface area contributed by atoms with Gasteiger partial charge in [0.2, 0.25) is 5.91 Å². The van der Waals surface area contributed by atoms with Crippen LogP contribution in [0.2, 0.25) is 5.02 Å². The zero-order valence-corrected chi connectivity index (χ0v) is 18.6. The van der Waals surface area contributed by atoms with E-state index < -0.39 is 5.97 Å². The number of amides is 1. The van der Waals surface area contributed by atoms with Crippen LogP contribution in [0.25, 0.3) is 0 Å². The number of anilines is 1. The summed E-state index contributed by atoms with van der Waals surface area (Å²) in [6, 6.07) is 13.7. The van der Waals surface area contributed by atoms with Crippen molar-refractivity contribution < 1.29 is 19.1 Å². The van der Waals surface area contributed by atoms with Gasteiger partial charge in [0, 0.05) is 12.1 Å². The summed E-state index contributed by atoms with van der Waals surface area (Å²) in [5.74, 6) is 0.626. The second kappa shape index (κ2) is 10.8. The molecule has 0 saturated heterocycles. The molecule has 1 aromatic heterocycles. The van der Waals surface area contributed by atoms with E-state index in [1.54, 1.807) is 67.1 Å². The lowest BCUT2D eigenvalue weighted by Crippen LogP contribution is -2.17. The summed E-state index contributed by atoms with van der Waals surface area (Å²) in [7, 11) is 1.80. The molecule has 8 nitrogen and oxygen atoms in total. The van der Waals surface area contributed by atoms with Crippen molar-refractivity contribution in [2.75, 3.05) is 17.7 Å². The van der Waals surface area contributed by atoms with Gasteiger partial charge >= 0.3 is 5.97 Å². The minimum Gasteiger partial charge on any atom is -0.486 e. The van der Waals surface area contributed by atoms with E-state index in [0.717, 1.165) is 0 Å². The van der Waals surface area contributed by atoms with E-state index in [2.05, 4.69) is 15.5 Å². The number of ether oxygens (including phenoxy) is 2. The number of aromatic nitrogens is 3. The maximum Gasteiger partial charge on any atom is 0.340 e. The summed E-state index contributed by atoms with van der Waals surface area (Å²) < 4.78 is 12.5. The van der Waals surface area contributed by atoms with Crippen LogP contribution in [0.15, 0.2) is 53.7 Å². The van der Waals surface area contributed by atoms with Crippen molar-refractivity contribution in [1.82, 2.24) is 14.8 Å². The van der Waals surface area contributed by atoms with Gasteiger partial charge < -0.3 is 19.4 Å². The summed E-state index contributed by atoms with van der Waals surface area (Å²) >= 11 is 7.10. The molecule has 1 amide bonds. The Labute approximate surface area is 188 Å². The SMILES string of the molecule is CCOC(=O)c1ccccc1NC(=O)CSc1nnc(COc2ccc(Cl)cc2)n1C. The fourth-order valence-electron chi connectivity index (χ4n) is 2.57. The first-order valence-corrected chi connectivity index (χ1v) is 10.8. The molecule has 31 heavy (non-hydrogen) atoms. The molecule has 1 heterocycles. The number of thioether (sulfide) groups is 1. The van der Waals surface area contributed by atoms with Gasteiger partial charge in [0.1, 0.15) is 12.4 Å². The zero-order valence-electron chi connectivity index (χ0n) is 17.0. The molecule has 0 aliphatic rings. The van der Waals surface area contributed by atoms with Gasteiger partial charge in [0.05, 0.1) is 23.6 Å². The number of carbonyl (C=O) groups excluding carboxylic acids is 2. The molecular formula is C21H21ClN4O4S. The summed E-state index contributed by atoms with van der Waals surface area (Å²) in [5, 5.41) is 12.2. The van der Waals surface area contributed by atoms with Crippen LogP contribution in [0.5, 0.6) is 5.75 Å². The fraction of sp³-hybridized carbons (Fsp3) is 0.238. The number of rotatable bonds is 9. The van der Waals surface area contributed by atoms with Crippen molar-refractivity contribution in [3.63, 3.8) is 0 Å². The Morgan fingerprint density at radius 1 is 1.13 bits per heavy atom. The lowest BCUT2D eigenvalue weighted by Gasteiger charge is -2.10. The third-order valence-electron chi connectivity index (χ3n) is 4.14. The first-order chi connectivity index (χ1) is 15.0. The van der Waals surface area contributed by atoms with Crippen LogP contribution < -0.4 is 10.1 Å². The molecule has 3 aromatic rings. The minimum atomic E-state index is -0.482. The molecule has 162 valence electrons. The van der Waals surface area contributed by atoms with Gasteiger partial charge in [-0.25, -0.2) is 4.79 Å². The third-order valence-corrected chi connectivity index (χ3v) is 5.41. The minimum absolute atomic E-state index is 0.0984. The van der Waals surface area contributed by atoms with Crippen molar-refractivity contribution in [2.45, 2.75) is 18.7 Å². The second-order valence-electron chi connectivity index (χ2n) is 6.30. The van der Waals surface area contributed by atoms with Crippen molar-refractivity contribution in [2.24, 2.45) is 7.05 Å². The summed E-state index contributed by atoms with van der Waals surface area (Å²) in [5.41, 5.74) is 0.713. The average molecular weight is 461 g/mol. The van der Waals surface area contributed by atoms with Crippen LogP contribution in [-0.2, 0) is 23.2 Å². The molecule has 0 saturated carbocycles. The average Bonchev–Trinajstić information content (AvgIpc) is 3.12. The molecule has 0 atom stereocenters. The molecule has 0 bridgehead atoms.